The van der Waals surface area contributed by atoms with E-state index < -0.39 is 11.9 Å². The van der Waals surface area contributed by atoms with Crippen LogP contribution >= 0.6 is 0 Å². The Bertz CT molecular complexity index is 784. The summed E-state index contributed by atoms with van der Waals surface area (Å²) in [5.74, 6) is 0.374. The molecule has 0 unspecified atom stereocenters. The van der Waals surface area contributed by atoms with Gasteiger partial charge in [0.05, 0.1) is 31.9 Å². The molecule has 0 aliphatic heterocycles. The van der Waals surface area contributed by atoms with E-state index in [0.717, 1.165) is 5.76 Å². The summed E-state index contributed by atoms with van der Waals surface area (Å²) in [4.78, 5) is 23.9. The molecule has 1 N–H and O–H groups in total. The minimum absolute atomic E-state index is 0.273. The van der Waals surface area contributed by atoms with Gasteiger partial charge >= 0.3 is 11.9 Å². The maximum atomic E-state index is 12.0. The first kappa shape index (κ1) is 20.1. The van der Waals surface area contributed by atoms with Gasteiger partial charge in [-0.3, -0.25) is 0 Å². The molecule has 0 atom stereocenters. The molecule has 28 heavy (non-hydrogen) atoms. The maximum absolute atomic E-state index is 12.0. The Hall–Kier alpha value is -2.60. The fraction of sp³-hybridized carbons (Fsp3) is 0.455. The number of furan rings is 1. The van der Waals surface area contributed by atoms with E-state index in [1.165, 1.54) is 58.8 Å². The molecule has 0 bridgehead atoms. The molecule has 1 fully saturated rings. The van der Waals surface area contributed by atoms with Crippen molar-refractivity contribution in [3.63, 3.8) is 0 Å². The Morgan fingerprint density at radius 3 is 2.14 bits per heavy atom. The highest BCUT2D eigenvalue weighted by Gasteiger charge is 2.17. The van der Waals surface area contributed by atoms with Crippen LogP contribution in [0.15, 0.2) is 34.7 Å². The lowest BCUT2D eigenvalue weighted by atomic mass is 10.0. The third kappa shape index (κ3) is 5.01. The van der Waals surface area contributed by atoms with E-state index in [4.69, 9.17) is 13.9 Å². The highest BCUT2D eigenvalue weighted by Crippen LogP contribution is 2.26. The number of esters is 2. The monoisotopic (exact) mass is 385 g/mol. The van der Waals surface area contributed by atoms with Gasteiger partial charge in [-0.05, 0) is 43.2 Å². The molecule has 6 heteroatoms. The molecule has 0 saturated heterocycles. The molecule has 2 aromatic rings. The minimum Gasteiger partial charge on any atom is -0.465 e. The second kappa shape index (κ2) is 9.55. The summed E-state index contributed by atoms with van der Waals surface area (Å²) in [5, 5.41) is 3.58. The van der Waals surface area contributed by atoms with Gasteiger partial charge in [0.15, 0.2) is 0 Å². The molecule has 1 aromatic carbocycles. The second-order valence-corrected chi connectivity index (χ2v) is 7.12. The van der Waals surface area contributed by atoms with Gasteiger partial charge < -0.3 is 19.2 Å². The van der Waals surface area contributed by atoms with E-state index in [0.29, 0.717) is 23.9 Å². The number of hydrogen-bond acceptors (Lipinski definition) is 6. The van der Waals surface area contributed by atoms with Crippen LogP contribution in [0.2, 0.25) is 0 Å². The molecule has 6 nitrogen and oxygen atoms in total. The Morgan fingerprint density at radius 1 is 0.964 bits per heavy atom. The van der Waals surface area contributed by atoms with E-state index in [-0.39, 0.29) is 11.1 Å². The first-order valence-electron chi connectivity index (χ1n) is 9.75. The Balaban J connectivity index is 1.77. The lowest BCUT2D eigenvalue weighted by Gasteiger charge is -2.14. The van der Waals surface area contributed by atoms with Crippen molar-refractivity contribution in [3.8, 4) is 11.3 Å². The van der Waals surface area contributed by atoms with Crippen molar-refractivity contribution in [2.75, 3.05) is 14.2 Å². The summed E-state index contributed by atoms with van der Waals surface area (Å²) in [6, 6.07) is 9.06. The maximum Gasteiger partial charge on any atom is 0.337 e. The van der Waals surface area contributed by atoms with Crippen molar-refractivity contribution in [1.82, 2.24) is 5.32 Å². The summed E-state index contributed by atoms with van der Waals surface area (Å²) in [7, 11) is 2.61. The third-order valence-corrected chi connectivity index (χ3v) is 5.14. The zero-order valence-corrected chi connectivity index (χ0v) is 16.5. The molecular formula is C22H27NO5. The zero-order chi connectivity index (χ0) is 19.9. The minimum atomic E-state index is -0.520. The van der Waals surface area contributed by atoms with E-state index >= 15 is 0 Å². The quantitative estimate of drug-likeness (QED) is 0.589. The topological polar surface area (TPSA) is 77.8 Å². The van der Waals surface area contributed by atoms with Gasteiger partial charge in [-0.15, -0.1) is 0 Å². The molecule has 0 amide bonds. The molecule has 1 aromatic heterocycles. The molecule has 150 valence electrons. The van der Waals surface area contributed by atoms with Gasteiger partial charge in [0.25, 0.3) is 0 Å². The summed E-state index contributed by atoms with van der Waals surface area (Å²) >= 11 is 0. The van der Waals surface area contributed by atoms with Gasteiger partial charge in [0, 0.05) is 11.6 Å². The van der Waals surface area contributed by atoms with Crippen LogP contribution in [-0.2, 0) is 16.0 Å². The Labute approximate surface area is 165 Å². The molecular weight excluding hydrogens is 358 g/mol. The van der Waals surface area contributed by atoms with Crippen LogP contribution in [0.25, 0.3) is 11.3 Å². The van der Waals surface area contributed by atoms with Crippen molar-refractivity contribution in [2.45, 2.75) is 51.1 Å². The standard InChI is InChI=1S/C22H27NO5/c1-26-21(24)16-11-15(12-17(13-16)22(25)27-2)20-10-9-19(28-20)14-23-18-7-5-3-4-6-8-18/h9-13,18,23H,3-8,14H2,1-2H3. The Morgan fingerprint density at radius 2 is 1.57 bits per heavy atom. The predicted octanol–water partition coefficient (Wildman–Crippen LogP) is 4.33. The highest BCUT2D eigenvalue weighted by molar-refractivity contribution is 5.97. The fourth-order valence-electron chi connectivity index (χ4n) is 3.60. The number of rotatable bonds is 6. The van der Waals surface area contributed by atoms with E-state index in [1.807, 2.05) is 12.1 Å². The fourth-order valence-corrected chi connectivity index (χ4v) is 3.60. The van der Waals surface area contributed by atoms with Crippen LogP contribution < -0.4 is 5.32 Å². The number of benzene rings is 1. The average molecular weight is 385 g/mol. The van der Waals surface area contributed by atoms with Gasteiger partial charge in [0.2, 0.25) is 0 Å². The lowest BCUT2D eigenvalue weighted by Crippen LogP contribution is -2.27. The van der Waals surface area contributed by atoms with E-state index in [2.05, 4.69) is 5.32 Å². The Kier molecular flexibility index (Phi) is 6.87. The molecule has 1 saturated carbocycles. The van der Waals surface area contributed by atoms with Crippen molar-refractivity contribution in [1.29, 1.82) is 0 Å². The molecule has 1 aliphatic carbocycles. The molecule has 0 spiro atoms. The van der Waals surface area contributed by atoms with Crippen LogP contribution in [0.3, 0.4) is 0 Å². The number of carbonyl (C=O) groups is 2. The molecule has 3 rings (SSSR count). The van der Waals surface area contributed by atoms with Crippen molar-refractivity contribution >= 4 is 11.9 Å². The van der Waals surface area contributed by atoms with Gasteiger partial charge in [-0.25, -0.2) is 9.59 Å². The normalized spacial score (nSPS) is 15.1. The summed E-state index contributed by atoms with van der Waals surface area (Å²) in [5.41, 5.74) is 1.17. The third-order valence-electron chi connectivity index (χ3n) is 5.14. The summed E-state index contributed by atoms with van der Waals surface area (Å²) < 4.78 is 15.5. The predicted molar refractivity (Wildman–Crippen MR) is 105 cm³/mol. The zero-order valence-electron chi connectivity index (χ0n) is 16.5. The second-order valence-electron chi connectivity index (χ2n) is 7.12. The van der Waals surface area contributed by atoms with E-state index in [1.54, 1.807) is 12.1 Å². The number of carbonyl (C=O) groups excluding carboxylic acids is 2. The first-order chi connectivity index (χ1) is 13.6. The number of hydrogen-bond donors (Lipinski definition) is 1. The van der Waals surface area contributed by atoms with Crippen LogP contribution in [0.5, 0.6) is 0 Å². The summed E-state index contributed by atoms with van der Waals surface area (Å²) in [6.45, 7) is 0.658. The van der Waals surface area contributed by atoms with Gasteiger partial charge in [0.1, 0.15) is 11.5 Å². The molecule has 1 aliphatic rings. The van der Waals surface area contributed by atoms with Crippen LogP contribution in [0.4, 0.5) is 0 Å². The first-order valence-corrected chi connectivity index (χ1v) is 9.75. The van der Waals surface area contributed by atoms with E-state index in [9.17, 15) is 9.59 Å². The van der Waals surface area contributed by atoms with Gasteiger partial charge in [-0.2, -0.15) is 0 Å². The lowest BCUT2D eigenvalue weighted by molar-refractivity contribution is 0.0599. The SMILES string of the molecule is COC(=O)c1cc(C(=O)OC)cc(-c2ccc(CNC3CCCCCC3)o2)c1. The number of nitrogens with one attached hydrogen (secondary N) is 1. The van der Waals surface area contributed by atoms with Crippen molar-refractivity contribution in [3.05, 3.63) is 47.2 Å². The smallest absolute Gasteiger partial charge is 0.337 e. The summed E-state index contributed by atoms with van der Waals surface area (Å²) in [6.07, 6.45) is 7.61. The van der Waals surface area contributed by atoms with Crippen LogP contribution in [0, 0.1) is 0 Å². The average Bonchev–Trinajstić information content (AvgIpc) is 3.06. The van der Waals surface area contributed by atoms with Crippen molar-refractivity contribution < 1.29 is 23.5 Å². The molecule has 1 heterocycles. The van der Waals surface area contributed by atoms with Crippen LogP contribution in [-0.4, -0.2) is 32.2 Å². The van der Waals surface area contributed by atoms with Gasteiger partial charge in [-0.1, -0.05) is 25.7 Å². The number of ether oxygens (including phenoxy) is 2. The van der Waals surface area contributed by atoms with Crippen molar-refractivity contribution in [2.24, 2.45) is 0 Å². The highest BCUT2D eigenvalue weighted by atomic mass is 16.5. The number of methoxy groups -OCH3 is 2. The molecule has 0 radical (unpaired) electrons. The van der Waals surface area contributed by atoms with Crippen LogP contribution in [0.1, 0.15) is 65.0 Å². The largest absolute Gasteiger partial charge is 0.465 e.